The molecule has 1 heterocycles. The van der Waals surface area contributed by atoms with Gasteiger partial charge in [-0.25, -0.2) is 23.1 Å². The summed E-state index contributed by atoms with van der Waals surface area (Å²) in [4.78, 5) is 7.67. The first kappa shape index (κ1) is 18.3. The number of aromatic nitrogens is 2. The van der Waals surface area contributed by atoms with E-state index in [1.54, 1.807) is 6.07 Å². The second-order valence-corrected chi connectivity index (χ2v) is 4.93. The van der Waals surface area contributed by atoms with E-state index in [1.165, 1.54) is 36.7 Å². The molecular weight excluding hydrogens is 456 g/mol. The number of sulfonamides is 1. The minimum Gasteiger partial charge on any atom is -0.399 e. The number of nitrogens with two attached hydrogens (primary N) is 1. The van der Waals surface area contributed by atoms with Crippen molar-refractivity contribution in [3.63, 3.8) is 0 Å². The van der Waals surface area contributed by atoms with E-state index in [9.17, 15) is 8.42 Å². The van der Waals surface area contributed by atoms with Gasteiger partial charge in [0.2, 0.25) is 5.95 Å². The second-order valence-electron chi connectivity index (χ2n) is 3.25. The molecule has 0 saturated heterocycles. The van der Waals surface area contributed by atoms with Crippen LogP contribution in [0.4, 0.5) is 11.6 Å². The van der Waals surface area contributed by atoms with Gasteiger partial charge in [0.1, 0.15) is 0 Å². The molecule has 2 aromatic rings. The van der Waals surface area contributed by atoms with Crippen molar-refractivity contribution in [1.29, 1.82) is 0 Å². The summed E-state index contributed by atoms with van der Waals surface area (Å²) < 4.78 is 26.0. The van der Waals surface area contributed by atoms with Crippen LogP contribution in [-0.4, -0.2) is 18.4 Å². The number of anilines is 2. The number of nitrogens with one attached hydrogen (secondary N) is 1. The molecule has 0 amide bonds. The molecule has 2 radical (unpaired) electrons. The maximum Gasteiger partial charge on any atom is 0.264 e. The van der Waals surface area contributed by atoms with Gasteiger partial charge < -0.3 is 5.73 Å². The standard InChI is InChI=1S/C10H10N4O2S.2Ag/c11-8-2-4-9(5-3-8)17(15,16)14-10-12-6-1-7-13-10;;/h1-7H,11H2,(H,12,13,14);;. The van der Waals surface area contributed by atoms with Gasteiger partial charge in [0.05, 0.1) is 4.90 Å². The van der Waals surface area contributed by atoms with E-state index >= 15 is 0 Å². The van der Waals surface area contributed by atoms with E-state index in [1.807, 2.05) is 0 Å². The SMILES string of the molecule is Nc1ccc(S(=O)(=O)Nc2ncccn2)cc1.[Ag].[Ag]. The van der Waals surface area contributed by atoms with Gasteiger partial charge in [0.15, 0.2) is 0 Å². The first-order valence-corrected chi connectivity index (χ1v) is 6.22. The van der Waals surface area contributed by atoms with Crippen molar-refractivity contribution in [1.82, 2.24) is 9.97 Å². The summed E-state index contributed by atoms with van der Waals surface area (Å²) in [5, 5.41) is 0. The van der Waals surface area contributed by atoms with Crippen LogP contribution in [0.2, 0.25) is 0 Å². The largest absolute Gasteiger partial charge is 0.399 e. The van der Waals surface area contributed by atoms with Crippen molar-refractivity contribution < 1.29 is 53.2 Å². The van der Waals surface area contributed by atoms with Crippen LogP contribution in [0.3, 0.4) is 0 Å². The number of hydrogen-bond acceptors (Lipinski definition) is 5. The van der Waals surface area contributed by atoms with Crippen molar-refractivity contribution in [2.24, 2.45) is 0 Å². The maximum atomic E-state index is 11.9. The molecule has 0 aliphatic rings. The summed E-state index contributed by atoms with van der Waals surface area (Å²) in [5.74, 6) is 0.0318. The van der Waals surface area contributed by atoms with Gasteiger partial charge in [-0.2, -0.15) is 0 Å². The Labute approximate surface area is 142 Å². The Morgan fingerprint density at radius 1 is 1.00 bits per heavy atom. The third kappa shape index (κ3) is 5.07. The zero-order chi connectivity index (χ0) is 12.3. The average Bonchev–Trinajstić information content (AvgIpc) is 2.30. The number of hydrogen-bond donors (Lipinski definition) is 2. The molecule has 3 N–H and O–H groups in total. The van der Waals surface area contributed by atoms with Gasteiger partial charge in [-0.3, -0.25) is 0 Å². The van der Waals surface area contributed by atoms with Crippen molar-refractivity contribution in [2.45, 2.75) is 4.90 Å². The Morgan fingerprint density at radius 3 is 2.05 bits per heavy atom. The van der Waals surface area contributed by atoms with Crippen LogP contribution in [0.25, 0.3) is 0 Å². The first-order valence-electron chi connectivity index (χ1n) is 4.73. The Hall–Kier alpha value is -0.669. The molecular formula is C10H10Ag2N4O2S. The van der Waals surface area contributed by atoms with Crippen LogP contribution < -0.4 is 10.5 Å². The maximum absolute atomic E-state index is 11.9. The minimum absolute atomic E-state index is 0. The Morgan fingerprint density at radius 2 is 1.53 bits per heavy atom. The Bertz CT molecular complexity index is 605. The Balaban J connectivity index is 0.00000162. The van der Waals surface area contributed by atoms with E-state index in [0.717, 1.165) is 0 Å². The van der Waals surface area contributed by atoms with Crippen molar-refractivity contribution in [3.05, 3.63) is 42.7 Å². The quantitative estimate of drug-likeness (QED) is 0.517. The van der Waals surface area contributed by atoms with Crippen LogP contribution in [-0.2, 0) is 54.8 Å². The summed E-state index contributed by atoms with van der Waals surface area (Å²) in [7, 11) is -3.66. The van der Waals surface area contributed by atoms with E-state index in [0.29, 0.717) is 5.69 Å². The molecule has 2 rings (SSSR count). The summed E-state index contributed by atoms with van der Waals surface area (Å²) in [6, 6.07) is 7.46. The molecule has 0 saturated carbocycles. The van der Waals surface area contributed by atoms with Crippen molar-refractivity contribution in [2.75, 3.05) is 10.5 Å². The number of nitrogen functional groups attached to an aromatic ring is 1. The van der Waals surface area contributed by atoms with Crippen LogP contribution in [0.15, 0.2) is 47.6 Å². The van der Waals surface area contributed by atoms with E-state index in [-0.39, 0.29) is 55.6 Å². The number of rotatable bonds is 3. The van der Waals surface area contributed by atoms with Crippen LogP contribution in [0.1, 0.15) is 0 Å². The van der Waals surface area contributed by atoms with Gasteiger partial charge in [0, 0.05) is 62.8 Å². The van der Waals surface area contributed by atoms with E-state index < -0.39 is 10.0 Å². The molecule has 19 heavy (non-hydrogen) atoms. The molecule has 0 unspecified atom stereocenters. The first-order chi connectivity index (χ1) is 8.08. The predicted molar refractivity (Wildman–Crippen MR) is 63.7 cm³/mol. The van der Waals surface area contributed by atoms with Crippen molar-refractivity contribution in [3.8, 4) is 0 Å². The normalized spacial score (nSPS) is 9.89. The molecule has 110 valence electrons. The number of benzene rings is 1. The zero-order valence-corrected chi connectivity index (χ0v) is 13.1. The summed E-state index contributed by atoms with van der Waals surface area (Å²) >= 11 is 0. The van der Waals surface area contributed by atoms with Gasteiger partial charge >= 0.3 is 0 Å². The molecule has 0 aliphatic carbocycles. The minimum atomic E-state index is -3.66. The molecule has 6 nitrogen and oxygen atoms in total. The molecule has 0 bridgehead atoms. The van der Waals surface area contributed by atoms with Gasteiger partial charge in [0.25, 0.3) is 10.0 Å². The fraction of sp³-hybridized carbons (Fsp3) is 0. The molecule has 0 atom stereocenters. The van der Waals surface area contributed by atoms with Crippen LogP contribution in [0.5, 0.6) is 0 Å². The average molecular weight is 466 g/mol. The third-order valence-corrected chi connectivity index (χ3v) is 3.33. The van der Waals surface area contributed by atoms with E-state index in [4.69, 9.17) is 5.73 Å². The fourth-order valence-electron chi connectivity index (χ4n) is 1.18. The smallest absolute Gasteiger partial charge is 0.264 e. The number of nitrogens with zero attached hydrogens (tertiary/aromatic N) is 2. The molecule has 1 aromatic carbocycles. The second kappa shape index (κ2) is 7.81. The fourth-order valence-corrected chi connectivity index (χ4v) is 2.14. The summed E-state index contributed by atoms with van der Waals surface area (Å²) in [5.41, 5.74) is 5.98. The molecule has 0 fully saturated rings. The molecule has 9 heteroatoms. The molecule has 1 aromatic heterocycles. The zero-order valence-electron chi connectivity index (χ0n) is 9.34. The summed E-state index contributed by atoms with van der Waals surface area (Å²) in [6.45, 7) is 0. The monoisotopic (exact) mass is 464 g/mol. The van der Waals surface area contributed by atoms with Crippen molar-refractivity contribution >= 4 is 21.7 Å². The Kier molecular flexibility index (Phi) is 7.53. The van der Waals surface area contributed by atoms with Gasteiger partial charge in [-0.15, -0.1) is 0 Å². The van der Waals surface area contributed by atoms with Crippen LogP contribution in [0, 0.1) is 0 Å². The van der Waals surface area contributed by atoms with Gasteiger partial charge in [-0.1, -0.05) is 0 Å². The summed E-state index contributed by atoms with van der Waals surface area (Å²) in [6.07, 6.45) is 2.90. The third-order valence-electron chi connectivity index (χ3n) is 1.98. The molecule has 0 spiro atoms. The predicted octanol–water partition coefficient (Wildman–Crippen LogP) is 0.855. The molecule has 0 aliphatic heterocycles. The van der Waals surface area contributed by atoms with Gasteiger partial charge in [-0.05, 0) is 30.3 Å². The topological polar surface area (TPSA) is 98.0 Å². The van der Waals surface area contributed by atoms with Crippen LogP contribution >= 0.6 is 0 Å². The van der Waals surface area contributed by atoms with E-state index in [2.05, 4.69) is 14.7 Å².